The molecule has 0 aliphatic rings. The van der Waals surface area contributed by atoms with Crippen LogP contribution in [0.25, 0.3) is 0 Å². The first-order valence-electron chi connectivity index (χ1n) is 4.02. The molecule has 17 heavy (non-hydrogen) atoms. The summed E-state index contributed by atoms with van der Waals surface area (Å²) in [6.07, 6.45) is -5.13. The van der Waals surface area contributed by atoms with Crippen LogP contribution in [0.15, 0.2) is 18.2 Å². The van der Waals surface area contributed by atoms with Crippen molar-refractivity contribution in [1.29, 1.82) is 0 Å². The lowest BCUT2D eigenvalue weighted by Crippen LogP contribution is -2.26. The van der Waals surface area contributed by atoms with Gasteiger partial charge in [0.2, 0.25) is 0 Å². The van der Waals surface area contributed by atoms with E-state index in [1.54, 1.807) is 0 Å². The molecule has 1 aromatic carbocycles. The van der Waals surface area contributed by atoms with Gasteiger partial charge in [0.15, 0.2) is 0 Å². The zero-order chi connectivity index (χ0) is 13.4. The Morgan fingerprint density at radius 2 is 1.65 bits per heavy atom. The van der Waals surface area contributed by atoms with E-state index < -0.39 is 34.3 Å². The number of rotatable bonds is 2. The van der Waals surface area contributed by atoms with Crippen molar-refractivity contribution in [2.75, 3.05) is 0 Å². The van der Waals surface area contributed by atoms with Crippen molar-refractivity contribution in [3.63, 3.8) is 0 Å². The van der Waals surface area contributed by atoms with Gasteiger partial charge in [-0.2, -0.15) is 22.0 Å². The zero-order valence-corrected chi connectivity index (χ0v) is 8.54. The lowest BCUT2D eigenvalue weighted by atomic mass is 10.0. The maximum Gasteiger partial charge on any atom is 0.417 e. The molecule has 1 aromatic rings. The number of carbonyl (C=O) groups is 1. The summed E-state index contributed by atoms with van der Waals surface area (Å²) in [6, 6.07) is 1.44. The van der Waals surface area contributed by atoms with Gasteiger partial charge >= 0.3 is 11.6 Å². The van der Waals surface area contributed by atoms with E-state index in [1.165, 1.54) is 0 Å². The van der Waals surface area contributed by atoms with E-state index in [2.05, 4.69) is 11.6 Å². The Kier molecular flexibility index (Phi) is 3.42. The van der Waals surface area contributed by atoms with Crippen molar-refractivity contribution < 1.29 is 31.1 Å². The Balaban J connectivity index is 3.47. The summed E-state index contributed by atoms with van der Waals surface area (Å²) in [4.78, 5) is 10.9. The molecular formula is C9H3ClF6O. The lowest BCUT2D eigenvalue weighted by molar-refractivity contribution is -0.138. The van der Waals surface area contributed by atoms with E-state index in [4.69, 9.17) is 0 Å². The van der Waals surface area contributed by atoms with Crippen LogP contribution < -0.4 is 0 Å². The van der Waals surface area contributed by atoms with Gasteiger partial charge < -0.3 is 0 Å². The average molecular weight is 277 g/mol. The van der Waals surface area contributed by atoms with Crippen LogP contribution in [0, 0.1) is 5.82 Å². The monoisotopic (exact) mass is 276 g/mol. The van der Waals surface area contributed by atoms with Crippen LogP contribution >= 0.6 is 11.6 Å². The van der Waals surface area contributed by atoms with E-state index in [-0.39, 0.29) is 0 Å². The lowest BCUT2D eigenvalue weighted by Gasteiger charge is -2.14. The Morgan fingerprint density at radius 3 is 2.06 bits per heavy atom. The van der Waals surface area contributed by atoms with Gasteiger partial charge in [0, 0.05) is 0 Å². The van der Waals surface area contributed by atoms with Crippen molar-refractivity contribution in [1.82, 2.24) is 0 Å². The number of Topliss-reactive ketones (excluding diaryl/α,β-unsaturated/α-hetero) is 1. The second-order valence-corrected chi connectivity index (χ2v) is 3.46. The Hall–Kier alpha value is -1.24. The molecular weight excluding hydrogens is 274 g/mol. The summed E-state index contributed by atoms with van der Waals surface area (Å²) in [5.41, 5.74) is -3.55. The number of ketones is 1. The molecule has 0 aliphatic heterocycles. The maximum atomic E-state index is 13.0. The first kappa shape index (κ1) is 13.8. The summed E-state index contributed by atoms with van der Waals surface area (Å²) in [5, 5.41) is -4.60. The standard InChI is InChI=1S/C9H3ClF6O/c10-8(12,13)7(17)6-4(9(14,15)16)2-1-3-5(6)11/h1-3H. The van der Waals surface area contributed by atoms with Crippen LogP contribution in [0.4, 0.5) is 26.3 Å². The highest BCUT2D eigenvalue weighted by Gasteiger charge is 2.44. The van der Waals surface area contributed by atoms with E-state index >= 15 is 0 Å². The molecule has 0 N–H and O–H groups in total. The third-order valence-electron chi connectivity index (χ3n) is 1.80. The van der Waals surface area contributed by atoms with Crippen molar-refractivity contribution in [3.05, 3.63) is 35.1 Å². The van der Waals surface area contributed by atoms with Crippen molar-refractivity contribution in [2.24, 2.45) is 0 Å². The molecule has 94 valence electrons. The van der Waals surface area contributed by atoms with Crippen LogP contribution in [0.3, 0.4) is 0 Å². The molecule has 0 fully saturated rings. The van der Waals surface area contributed by atoms with Gasteiger partial charge in [-0.25, -0.2) is 4.39 Å². The predicted molar refractivity (Wildman–Crippen MR) is 46.5 cm³/mol. The molecule has 0 aromatic heterocycles. The van der Waals surface area contributed by atoms with Crippen molar-refractivity contribution in [2.45, 2.75) is 11.6 Å². The molecule has 0 spiro atoms. The van der Waals surface area contributed by atoms with Gasteiger partial charge in [-0.1, -0.05) is 6.07 Å². The number of benzene rings is 1. The fraction of sp³-hybridized carbons (Fsp3) is 0.222. The molecule has 0 bridgehead atoms. The summed E-state index contributed by atoms with van der Waals surface area (Å²) in [5.74, 6) is -4.13. The second kappa shape index (κ2) is 4.21. The largest absolute Gasteiger partial charge is 0.417 e. The third kappa shape index (κ3) is 2.91. The molecule has 0 saturated heterocycles. The molecule has 0 amide bonds. The van der Waals surface area contributed by atoms with E-state index in [1.807, 2.05) is 0 Å². The van der Waals surface area contributed by atoms with Gasteiger partial charge in [-0.15, -0.1) is 0 Å². The first-order valence-corrected chi connectivity index (χ1v) is 4.40. The van der Waals surface area contributed by atoms with Gasteiger partial charge in [0.1, 0.15) is 5.82 Å². The van der Waals surface area contributed by atoms with E-state index in [0.29, 0.717) is 18.2 Å². The van der Waals surface area contributed by atoms with Gasteiger partial charge in [-0.05, 0) is 23.7 Å². The number of carbonyl (C=O) groups excluding carboxylic acids is 1. The SMILES string of the molecule is O=C(c1c(F)cccc1C(F)(F)F)C(F)(F)Cl. The number of hydrogen-bond donors (Lipinski definition) is 0. The smallest absolute Gasteiger partial charge is 0.286 e. The minimum absolute atomic E-state index is 0.318. The molecule has 0 aliphatic carbocycles. The van der Waals surface area contributed by atoms with Gasteiger partial charge in [0.05, 0.1) is 11.1 Å². The summed E-state index contributed by atoms with van der Waals surface area (Å²) >= 11 is 4.30. The quantitative estimate of drug-likeness (QED) is 0.455. The van der Waals surface area contributed by atoms with Crippen LogP contribution in [0.5, 0.6) is 0 Å². The van der Waals surface area contributed by atoms with E-state index in [9.17, 15) is 31.1 Å². The molecule has 1 rings (SSSR count). The zero-order valence-electron chi connectivity index (χ0n) is 7.79. The summed E-state index contributed by atoms with van der Waals surface area (Å²) in [6.45, 7) is 0. The molecule has 0 atom stereocenters. The molecule has 1 nitrogen and oxygen atoms in total. The highest BCUT2D eigenvalue weighted by atomic mass is 35.5. The fourth-order valence-corrected chi connectivity index (χ4v) is 1.23. The van der Waals surface area contributed by atoms with Crippen LogP contribution in [-0.2, 0) is 6.18 Å². The third-order valence-corrected chi connectivity index (χ3v) is 1.98. The van der Waals surface area contributed by atoms with Crippen LogP contribution in [0.2, 0.25) is 0 Å². The van der Waals surface area contributed by atoms with E-state index in [0.717, 1.165) is 0 Å². The molecule has 8 heteroatoms. The van der Waals surface area contributed by atoms with Crippen LogP contribution in [0.1, 0.15) is 15.9 Å². The summed E-state index contributed by atoms with van der Waals surface area (Å²) in [7, 11) is 0. The number of halogens is 7. The maximum absolute atomic E-state index is 13.0. The Bertz CT molecular complexity index is 448. The summed E-state index contributed by atoms with van der Waals surface area (Å²) < 4.78 is 75.0. The van der Waals surface area contributed by atoms with Gasteiger partial charge in [-0.3, -0.25) is 4.79 Å². The Labute approximate surface area is 96.0 Å². The van der Waals surface area contributed by atoms with Gasteiger partial charge in [0.25, 0.3) is 5.78 Å². The molecule has 0 radical (unpaired) electrons. The van der Waals surface area contributed by atoms with Crippen LogP contribution in [-0.4, -0.2) is 11.2 Å². The highest BCUT2D eigenvalue weighted by molar-refractivity contribution is 6.35. The average Bonchev–Trinajstić information content (AvgIpc) is 2.13. The molecule has 0 saturated carbocycles. The first-order chi connectivity index (χ1) is 7.55. The number of alkyl halides is 6. The molecule has 0 unspecified atom stereocenters. The molecule has 0 heterocycles. The van der Waals surface area contributed by atoms with Crippen molar-refractivity contribution in [3.8, 4) is 0 Å². The minimum atomic E-state index is -5.13. The Morgan fingerprint density at radius 1 is 1.12 bits per heavy atom. The number of hydrogen-bond acceptors (Lipinski definition) is 1. The fourth-order valence-electron chi connectivity index (χ4n) is 1.13. The minimum Gasteiger partial charge on any atom is -0.286 e. The highest BCUT2D eigenvalue weighted by Crippen LogP contribution is 2.36. The topological polar surface area (TPSA) is 17.1 Å². The normalized spacial score (nSPS) is 12.6. The van der Waals surface area contributed by atoms with Crippen molar-refractivity contribution >= 4 is 17.4 Å². The second-order valence-electron chi connectivity index (χ2n) is 2.99. The predicted octanol–water partition coefficient (Wildman–Crippen LogP) is 3.86.